The average Bonchev–Trinajstić information content (AvgIpc) is 2.68. The number of pyridine rings is 1. The fourth-order valence-electron chi connectivity index (χ4n) is 3.87. The number of hydrogen-bond acceptors (Lipinski definition) is 4. The van der Waals surface area contributed by atoms with Gasteiger partial charge in [-0.2, -0.15) is 0 Å². The lowest BCUT2D eigenvalue weighted by Crippen LogP contribution is -2.44. The Hall–Kier alpha value is -2.40. The molecule has 1 fully saturated rings. The van der Waals surface area contributed by atoms with E-state index in [4.69, 9.17) is 0 Å². The summed E-state index contributed by atoms with van der Waals surface area (Å²) in [7, 11) is 2.11. The van der Waals surface area contributed by atoms with Crippen molar-refractivity contribution in [2.75, 3.05) is 36.9 Å². The van der Waals surface area contributed by atoms with Gasteiger partial charge in [0.2, 0.25) is 0 Å². The highest BCUT2D eigenvalue weighted by molar-refractivity contribution is 6.04. The molecule has 28 heavy (non-hydrogen) atoms. The van der Waals surface area contributed by atoms with Crippen molar-refractivity contribution in [1.82, 2.24) is 9.88 Å². The molecule has 1 aliphatic rings. The van der Waals surface area contributed by atoms with Crippen LogP contribution in [-0.2, 0) is 0 Å². The zero-order valence-corrected chi connectivity index (χ0v) is 17.5. The van der Waals surface area contributed by atoms with Gasteiger partial charge in [-0.25, -0.2) is 4.98 Å². The first-order valence-electron chi connectivity index (χ1n) is 10.2. The normalized spacial score (nSPS) is 15.6. The molecule has 1 saturated heterocycles. The number of nitrogens with zero attached hydrogens (tertiary/aromatic N) is 3. The van der Waals surface area contributed by atoms with Gasteiger partial charge in [0.25, 0.3) is 5.91 Å². The van der Waals surface area contributed by atoms with Crippen molar-refractivity contribution in [3.63, 3.8) is 0 Å². The number of nitrogens with one attached hydrogen (secondary N) is 1. The minimum atomic E-state index is -0.0921. The van der Waals surface area contributed by atoms with Gasteiger partial charge < -0.3 is 15.1 Å². The van der Waals surface area contributed by atoms with Crippen LogP contribution in [0.3, 0.4) is 0 Å². The molecule has 0 bridgehead atoms. The molecular formula is C23H32N4O. The van der Waals surface area contributed by atoms with E-state index >= 15 is 0 Å². The summed E-state index contributed by atoms with van der Waals surface area (Å²) in [4.78, 5) is 21.9. The summed E-state index contributed by atoms with van der Waals surface area (Å²) in [5.74, 6) is 1.53. The fourth-order valence-corrected chi connectivity index (χ4v) is 3.87. The first kappa shape index (κ1) is 20.3. The lowest BCUT2D eigenvalue weighted by molar-refractivity contribution is 0.102. The number of benzene rings is 1. The van der Waals surface area contributed by atoms with E-state index in [-0.39, 0.29) is 5.91 Å². The van der Waals surface area contributed by atoms with Gasteiger partial charge in [0.1, 0.15) is 5.82 Å². The van der Waals surface area contributed by atoms with E-state index in [9.17, 15) is 4.79 Å². The second-order valence-electron chi connectivity index (χ2n) is 8.26. The number of aromatic nitrogens is 1. The van der Waals surface area contributed by atoms with Gasteiger partial charge in [-0.3, -0.25) is 4.79 Å². The molecule has 0 spiro atoms. The number of piperidine rings is 1. The van der Waals surface area contributed by atoms with Crippen molar-refractivity contribution in [2.45, 2.75) is 39.7 Å². The van der Waals surface area contributed by atoms with E-state index < -0.39 is 0 Å². The van der Waals surface area contributed by atoms with Crippen LogP contribution in [-0.4, -0.2) is 48.5 Å². The van der Waals surface area contributed by atoms with Gasteiger partial charge >= 0.3 is 0 Å². The third kappa shape index (κ3) is 5.32. The molecule has 2 aromatic rings. The molecule has 5 nitrogen and oxygen atoms in total. The van der Waals surface area contributed by atoms with Crippen LogP contribution in [0.25, 0.3) is 0 Å². The quantitative estimate of drug-likeness (QED) is 0.816. The van der Waals surface area contributed by atoms with Crippen LogP contribution in [0.2, 0.25) is 0 Å². The molecule has 0 saturated carbocycles. The first-order chi connectivity index (χ1) is 13.4. The summed E-state index contributed by atoms with van der Waals surface area (Å²) in [5.41, 5.74) is 2.52. The van der Waals surface area contributed by atoms with Gasteiger partial charge in [-0.1, -0.05) is 31.5 Å². The molecule has 2 heterocycles. The zero-order valence-electron chi connectivity index (χ0n) is 17.5. The molecule has 0 radical (unpaired) electrons. The Balaban J connectivity index is 1.62. The van der Waals surface area contributed by atoms with Crippen LogP contribution >= 0.6 is 0 Å². The molecule has 150 valence electrons. The number of carbonyl (C=O) groups excluding carboxylic acids is 1. The summed E-state index contributed by atoms with van der Waals surface area (Å²) < 4.78 is 0. The Morgan fingerprint density at radius 3 is 2.68 bits per heavy atom. The maximum Gasteiger partial charge on any atom is 0.255 e. The largest absolute Gasteiger partial charge is 0.357 e. The predicted octanol–water partition coefficient (Wildman–Crippen LogP) is 4.20. The molecule has 0 unspecified atom stereocenters. The summed E-state index contributed by atoms with van der Waals surface area (Å²) in [6.07, 6.45) is 4.06. The van der Waals surface area contributed by atoms with Crippen LogP contribution < -0.4 is 10.2 Å². The Morgan fingerprint density at radius 1 is 1.25 bits per heavy atom. The molecule has 1 aliphatic heterocycles. The highest BCUT2D eigenvalue weighted by Crippen LogP contribution is 2.23. The fraction of sp³-hybridized carbons (Fsp3) is 0.478. The Kier molecular flexibility index (Phi) is 6.68. The van der Waals surface area contributed by atoms with Crippen molar-refractivity contribution in [3.05, 3.63) is 53.7 Å². The molecule has 0 atom stereocenters. The second kappa shape index (κ2) is 9.20. The summed E-state index contributed by atoms with van der Waals surface area (Å²) in [6, 6.07) is 11.9. The van der Waals surface area contributed by atoms with Crippen molar-refractivity contribution in [3.8, 4) is 0 Å². The number of amides is 1. The smallest absolute Gasteiger partial charge is 0.255 e. The monoisotopic (exact) mass is 380 g/mol. The highest BCUT2D eigenvalue weighted by Gasteiger charge is 2.23. The van der Waals surface area contributed by atoms with Crippen molar-refractivity contribution >= 4 is 17.4 Å². The number of anilines is 2. The number of carbonyl (C=O) groups is 1. The average molecular weight is 381 g/mol. The van der Waals surface area contributed by atoms with Crippen LogP contribution in [0, 0.1) is 12.8 Å². The first-order valence-corrected chi connectivity index (χ1v) is 10.2. The van der Waals surface area contributed by atoms with Gasteiger partial charge in [0, 0.05) is 56.2 Å². The predicted molar refractivity (Wildman–Crippen MR) is 116 cm³/mol. The third-order valence-electron chi connectivity index (χ3n) is 5.37. The zero-order chi connectivity index (χ0) is 20.1. The molecular weight excluding hydrogens is 348 g/mol. The molecule has 5 heteroatoms. The van der Waals surface area contributed by atoms with E-state index in [0.717, 1.165) is 43.0 Å². The van der Waals surface area contributed by atoms with Crippen LogP contribution in [0.4, 0.5) is 11.5 Å². The lowest BCUT2D eigenvalue weighted by Gasteiger charge is -2.38. The molecule has 0 aliphatic carbocycles. The van der Waals surface area contributed by atoms with E-state index in [1.54, 1.807) is 6.20 Å². The SMILES string of the molecule is Cc1cccc(C(=O)Nc2ccnc(N(C)C3CCN(CC(C)C)CC3)c2)c1. The van der Waals surface area contributed by atoms with E-state index in [1.807, 2.05) is 43.3 Å². The van der Waals surface area contributed by atoms with Crippen LogP contribution in [0.5, 0.6) is 0 Å². The minimum Gasteiger partial charge on any atom is -0.357 e. The Morgan fingerprint density at radius 2 is 2.00 bits per heavy atom. The summed E-state index contributed by atoms with van der Waals surface area (Å²) >= 11 is 0. The van der Waals surface area contributed by atoms with Crippen LogP contribution in [0.15, 0.2) is 42.6 Å². The maximum absolute atomic E-state index is 12.5. The van der Waals surface area contributed by atoms with E-state index in [0.29, 0.717) is 17.5 Å². The van der Waals surface area contributed by atoms with Crippen molar-refractivity contribution in [1.29, 1.82) is 0 Å². The maximum atomic E-state index is 12.5. The molecule has 1 aromatic carbocycles. The third-order valence-corrected chi connectivity index (χ3v) is 5.37. The van der Waals surface area contributed by atoms with Crippen molar-refractivity contribution < 1.29 is 4.79 Å². The van der Waals surface area contributed by atoms with Gasteiger partial charge in [-0.15, -0.1) is 0 Å². The number of rotatable bonds is 6. The number of hydrogen-bond donors (Lipinski definition) is 1. The van der Waals surface area contributed by atoms with Gasteiger partial charge in [0.15, 0.2) is 0 Å². The summed E-state index contributed by atoms with van der Waals surface area (Å²) in [5, 5.41) is 3.00. The minimum absolute atomic E-state index is 0.0921. The number of aryl methyl sites for hydroxylation is 1. The highest BCUT2D eigenvalue weighted by atomic mass is 16.1. The lowest BCUT2D eigenvalue weighted by atomic mass is 10.0. The van der Waals surface area contributed by atoms with Gasteiger partial charge in [-0.05, 0) is 43.9 Å². The van der Waals surface area contributed by atoms with Crippen molar-refractivity contribution in [2.24, 2.45) is 5.92 Å². The molecule has 3 rings (SSSR count). The molecule has 1 aromatic heterocycles. The van der Waals surface area contributed by atoms with Gasteiger partial charge in [0.05, 0.1) is 0 Å². The standard InChI is InChI=1S/C23H32N4O/c1-17(2)16-27-12-9-21(10-13-27)26(4)22-15-20(8-11-24-22)25-23(28)19-7-5-6-18(3)14-19/h5-8,11,14-15,17,21H,9-10,12-13,16H2,1-4H3,(H,24,25,28). The Bertz CT molecular complexity index is 797. The van der Waals surface area contributed by atoms with E-state index in [2.05, 4.69) is 41.0 Å². The molecule has 1 amide bonds. The second-order valence-corrected chi connectivity index (χ2v) is 8.26. The Labute approximate surface area is 168 Å². The molecule has 1 N–H and O–H groups in total. The summed E-state index contributed by atoms with van der Waals surface area (Å²) in [6.45, 7) is 9.99. The topological polar surface area (TPSA) is 48.5 Å². The number of likely N-dealkylation sites (tertiary alicyclic amines) is 1. The van der Waals surface area contributed by atoms with Crippen LogP contribution in [0.1, 0.15) is 42.6 Å². The van der Waals surface area contributed by atoms with E-state index in [1.165, 1.54) is 6.54 Å².